The van der Waals surface area contributed by atoms with E-state index in [0.717, 1.165) is 18.4 Å². The van der Waals surface area contributed by atoms with Crippen LogP contribution in [0.2, 0.25) is 0 Å². The lowest BCUT2D eigenvalue weighted by Gasteiger charge is -2.15. The Hall–Kier alpha value is -1.60. The molecule has 0 saturated heterocycles. The number of hydrogen-bond donors (Lipinski definition) is 1. The third-order valence-corrected chi connectivity index (χ3v) is 3.62. The van der Waals surface area contributed by atoms with Gasteiger partial charge in [0.05, 0.1) is 18.1 Å². The van der Waals surface area contributed by atoms with Gasteiger partial charge in [0.2, 0.25) is 0 Å². The maximum atomic E-state index is 13.6. The first-order chi connectivity index (χ1) is 9.98. The second-order valence-electron chi connectivity index (χ2n) is 6.40. The van der Waals surface area contributed by atoms with Crippen LogP contribution in [0.25, 0.3) is 0 Å². The largest absolute Gasteiger partial charge is 0.493 e. The molecule has 1 aliphatic carbocycles. The molecule has 0 atom stereocenters. The van der Waals surface area contributed by atoms with E-state index in [1.54, 1.807) is 6.07 Å². The van der Waals surface area contributed by atoms with Crippen molar-refractivity contribution < 1.29 is 9.13 Å². The minimum Gasteiger partial charge on any atom is -0.493 e. The molecule has 0 unspecified atom stereocenters. The van der Waals surface area contributed by atoms with Crippen molar-refractivity contribution in [3.8, 4) is 11.8 Å². The van der Waals surface area contributed by atoms with E-state index in [-0.39, 0.29) is 11.2 Å². The molecule has 0 bridgehead atoms. The standard InChI is InChI=1S/C17H23FN2O/c1-17(2,12-19)6-3-7-21-16-9-13(8-14(18)10-16)11-20-15-4-5-15/h8-10,15,20H,3-7,11H2,1-2H3. The molecule has 0 heterocycles. The summed E-state index contributed by atoms with van der Waals surface area (Å²) in [7, 11) is 0. The number of nitrogens with one attached hydrogen (secondary N) is 1. The van der Waals surface area contributed by atoms with Gasteiger partial charge in [-0.1, -0.05) is 0 Å². The molecule has 1 aromatic rings. The number of rotatable bonds is 8. The lowest BCUT2D eigenvalue weighted by atomic mass is 9.90. The lowest BCUT2D eigenvalue weighted by molar-refractivity contribution is 0.283. The first-order valence-electron chi connectivity index (χ1n) is 7.55. The Morgan fingerprint density at radius 2 is 2.14 bits per heavy atom. The van der Waals surface area contributed by atoms with Crippen molar-refractivity contribution in [3.63, 3.8) is 0 Å². The van der Waals surface area contributed by atoms with Gasteiger partial charge >= 0.3 is 0 Å². The van der Waals surface area contributed by atoms with Crippen molar-refractivity contribution in [2.24, 2.45) is 5.41 Å². The highest BCUT2D eigenvalue weighted by atomic mass is 19.1. The van der Waals surface area contributed by atoms with E-state index >= 15 is 0 Å². The monoisotopic (exact) mass is 290 g/mol. The van der Waals surface area contributed by atoms with Crippen LogP contribution in [-0.2, 0) is 6.54 Å². The lowest BCUT2D eigenvalue weighted by Crippen LogP contribution is -2.15. The predicted molar refractivity (Wildman–Crippen MR) is 80.4 cm³/mol. The van der Waals surface area contributed by atoms with Crippen molar-refractivity contribution in [1.29, 1.82) is 5.26 Å². The normalized spacial score (nSPS) is 14.8. The van der Waals surface area contributed by atoms with Gasteiger partial charge in [-0.25, -0.2) is 4.39 Å². The van der Waals surface area contributed by atoms with Crippen LogP contribution in [0.3, 0.4) is 0 Å². The van der Waals surface area contributed by atoms with Crippen molar-refractivity contribution in [2.45, 2.75) is 52.1 Å². The van der Waals surface area contributed by atoms with E-state index in [1.807, 2.05) is 19.9 Å². The van der Waals surface area contributed by atoms with E-state index in [1.165, 1.54) is 18.9 Å². The number of hydrogen-bond acceptors (Lipinski definition) is 3. The number of nitriles is 1. The van der Waals surface area contributed by atoms with Crippen LogP contribution in [0, 0.1) is 22.6 Å². The summed E-state index contributed by atoms with van der Waals surface area (Å²) in [5.74, 6) is 0.301. The van der Waals surface area contributed by atoms with Gasteiger partial charge in [0.25, 0.3) is 0 Å². The first kappa shape index (κ1) is 15.8. The topological polar surface area (TPSA) is 45.0 Å². The molecule has 0 aliphatic heterocycles. The van der Waals surface area contributed by atoms with Gasteiger partial charge in [0.1, 0.15) is 11.6 Å². The number of benzene rings is 1. The van der Waals surface area contributed by atoms with Crippen molar-refractivity contribution in [2.75, 3.05) is 6.61 Å². The Morgan fingerprint density at radius 1 is 1.38 bits per heavy atom. The molecule has 0 aromatic heterocycles. The molecule has 1 N–H and O–H groups in total. The molecule has 1 fully saturated rings. The summed E-state index contributed by atoms with van der Waals surface area (Å²) in [4.78, 5) is 0. The fourth-order valence-electron chi connectivity index (χ4n) is 2.12. The molecule has 114 valence electrons. The highest BCUT2D eigenvalue weighted by Gasteiger charge is 2.20. The highest BCUT2D eigenvalue weighted by Crippen LogP contribution is 2.23. The van der Waals surface area contributed by atoms with Gasteiger partial charge in [-0.15, -0.1) is 0 Å². The Balaban J connectivity index is 1.80. The molecule has 3 nitrogen and oxygen atoms in total. The molecular formula is C17H23FN2O. The smallest absolute Gasteiger partial charge is 0.127 e. The molecule has 1 aromatic carbocycles. The van der Waals surface area contributed by atoms with Crippen molar-refractivity contribution in [3.05, 3.63) is 29.6 Å². The second-order valence-corrected chi connectivity index (χ2v) is 6.40. The Kier molecular flexibility index (Phi) is 5.19. The van der Waals surface area contributed by atoms with Gasteiger partial charge < -0.3 is 10.1 Å². The van der Waals surface area contributed by atoms with Gasteiger partial charge in [-0.2, -0.15) is 5.26 Å². The summed E-state index contributed by atoms with van der Waals surface area (Å²) in [6, 6.07) is 7.71. The van der Waals surface area contributed by atoms with E-state index in [0.29, 0.717) is 24.9 Å². The van der Waals surface area contributed by atoms with Crippen molar-refractivity contribution >= 4 is 0 Å². The van der Waals surface area contributed by atoms with E-state index < -0.39 is 0 Å². The average molecular weight is 290 g/mol. The quantitative estimate of drug-likeness (QED) is 0.741. The summed E-state index contributed by atoms with van der Waals surface area (Å²) < 4.78 is 19.2. The molecule has 1 aliphatic rings. The first-order valence-corrected chi connectivity index (χ1v) is 7.55. The summed E-state index contributed by atoms with van der Waals surface area (Å²) in [5, 5.41) is 12.3. The molecule has 4 heteroatoms. The third kappa shape index (κ3) is 5.73. The van der Waals surface area contributed by atoms with Crippen LogP contribution in [-0.4, -0.2) is 12.6 Å². The fourth-order valence-corrected chi connectivity index (χ4v) is 2.12. The van der Waals surface area contributed by atoms with E-state index in [9.17, 15) is 4.39 Å². The molecule has 0 spiro atoms. The molecule has 1 saturated carbocycles. The van der Waals surface area contributed by atoms with E-state index in [2.05, 4.69) is 11.4 Å². The zero-order chi connectivity index (χ0) is 15.3. The number of nitrogens with zero attached hydrogens (tertiary/aromatic N) is 1. The van der Waals surface area contributed by atoms with Crippen molar-refractivity contribution in [1.82, 2.24) is 5.32 Å². The van der Waals surface area contributed by atoms with Crippen LogP contribution in [0.4, 0.5) is 4.39 Å². The maximum Gasteiger partial charge on any atom is 0.127 e. The molecule has 0 radical (unpaired) electrons. The minimum atomic E-state index is -0.329. The zero-order valence-electron chi connectivity index (χ0n) is 12.8. The summed E-state index contributed by atoms with van der Waals surface area (Å²) in [5.41, 5.74) is 0.583. The van der Waals surface area contributed by atoms with Crippen LogP contribution in [0.1, 0.15) is 45.1 Å². The Morgan fingerprint density at radius 3 is 2.81 bits per heavy atom. The third-order valence-electron chi connectivity index (χ3n) is 3.62. The molecule has 2 rings (SSSR count). The van der Waals surface area contributed by atoms with Gasteiger partial charge in [-0.05, 0) is 57.2 Å². The van der Waals surface area contributed by atoms with Crippen LogP contribution in [0.15, 0.2) is 18.2 Å². The summed E-state index contributed by atoms with van der Waals surface area (Å²) in [6.07, 6.45) is 3.99. The van der Waals surface area contributed by atoms with Gasteiger partial charge in [-0.3, -0.25) is 0 Å². The molecular weight excluding hydrogens is 267 g/mol. The number of ether oxygens (including phenoxy) is 1. The molecule has 0 amide bonds. The predicted octanol–water partition coefficient (Wildman–Crippen LogP) is 3.79. The van der Waals surface area contributed by atoms with Crippen LogP contribution >= 0.6 is 0 Å². The SMILES string of the molecule is CC(C)(C#N)CCCOc1cc(F)cc(CNC2CC2)c1. The summed E-state index contributed by atoms with van der Waals surface area (Å²) in [6.45, 7) is 5.01. The number of halogens is 1. The van der Waals surface area contributed by atoms with Crippen LogP contribution < -0.4 is 10.1 Å². The Bertz CT molecular complexity index is 518. The van der Waals surface area contributed by atoms with Crippen LogP contribution in [0.5, 0.6) is 5.75 Å². The maximum absolute atomic E-state index is 13.6. The second kappa shape index (κ2) is 6.91. The van der Waals surface area contributed by atoms with E-state index in [4.69, 9.17) is 10.00 Å². The fraction of sp³-hybridized carbons (Fsp3) is 0.588. The average Bonchev–Trinajstić information content (AvgIpc) is 3.25. The minimum absolute atomic E-state index is 0.266. The zero-order valence-corrected chi connectivity index (χ0v) is 12.8. The van der Waals surface area contributed by atoms with Gasteiger partial charge in [0, 0.05) is 18.7 Å². The highest BCUT2D eigenvalue weighted by molar-refractivity contribution is 5.29. The summed E-state index contributed by atoms with van der Waals surface area (Å²) >= 11 is 0. The Labute approximate surface area is 126 Å². The van der Waals surface area contributed by atoms with Gasteiger partial charge in [0.15, 0.2) is 0 Å². The molecule has 21 heavy (non-hydrogen) atoms.